The lowest BCUT2D eigenvalue weighted by Crippen LogP contribution is -2.00. The molecule has 0 bridgehead atoms. The number of rotatable bonds is 4. The number of nitrogens with zero attached hydrogens (tertiary/aromatic N) is 3. The Hall–Kier alpha value is -5.71. The highest BCUT2D eigenvalue weighted by molar-refractivity contribution is 7.26. The van der Waals surface area contributed by atoms with Gasteiger partial charge in [-0.15, -0.1) is 11.3 Å². The van der Waals surface area contributed by atoms with Gasteiger partial charge < -0.3 is 0 Å². The molecule has 0 saturated carbocycles. The van der Waals surface area contributed by atoms with E-state index in [1.165, 1.54) is 52.8 Å². The Morgan fingerprint density at radius 1 is 0.356 bits per heavy atom. The smallest absolute Gasteiger partial charge is 0.164 e. The van der Waals surface area contributed by atoms with Gasteiger partial charge in [0.1, 0.15) is 0 Å². The molecule has 0 aliphatic rings. The molecule has 210 valence electrons. The molecule has 2 heterocycles. The van der Waals surface area contributed by atoms with Gasteiger partial charge in [-0.1, -0.05) is 127 Å². The van der Waals surface area contributed by atoms with Crippen LogP contribution in [0.25, 0.3) is 87.0 Å². The van der Waals surface area contributed by atoms with Gasteiger partial charge in [-0.05, 0) is 56.9 Å². The van der Waals surface area contributed by atoms with Crippen LogP contribution in [-0.2, 0) is 0 Å². The zero-order valence-electron chi connectivity index (χ0n) is 24.2. The second-order valence-electron chi connectivity index (χ2n) is 11.3. The lowest BCUT2D eigenvalue weighted by molar-refractivity contribution is 1.08. The van der Waals surface area contributed by atoms with Crippen LogP contribution in [0, 0.1) is 0 Å². The van der Waals surface area contributed by atoms with Gasteiger partial charge in [0, 0.05) is 36.9 Å². The first-order chi connectivity index (χ1) is 22.3. The lowest BCUT2D eigenvalue weighted by atomic mass is 9.96. The minimum atomic E-state index is 0.667. The van der Waals surface area contributed by atoms with Gasteiger partial charge in [-0.2, -0.15) is 0 Å². The third-order valence-electron chi connectivity index (χ3n) is 8.52. The molecular formula is C41H25N3S. The van der Waals surface area contributed by atoms with E-state index in [1.54, 1.807) is 0 Å². The van der Waals surface area contributed by atoms with Crippen LogP contribution in [0.2, 0.25) is 0 Å². The maximum absolute atomic E-state index is 5.06. The van der Waals surface area contributed by atoms with E-state index < -0.39 is 0 Å². The minimum absolute atomic E-state index is 0.667. The molecule has 45 heavy (non-hydrogen) atoms. The van der Waals surface area contributed by atoms with Gasteiger partial charge >= 0.3 is 0 Å². The van der Waals surface area contributed by atoms with E-state index in [0.717, 1.165) is 16.7 Å². The minimum Gasteiger partial charge on any atom is -0.208 e. The monoisotopic (exact) mass is 591 g/mol. The first-order valence-corrected chi connectivity index (χ1v) is 15.8. The van der Waals surface area contributed by atoms with Crippen LogP contribution in [0.15, 0.2) is 152 Å². The highest BCUT2D eigenvalue weighted by Crippen LogP contribution is 2.42. The highest BCUT2D eigenvalue weighted by Gasteiger charge is 2.17. The van der Waals surface area contributed by atoms with Crippen molar-refractivity contribution in [1.29, 1.82) is 0 Å². The summed E-state index contributed by atoms with van der Waals surface area (Å²) in [6.45, 7) is 0. The number of thiophene rings is 1. The average molecular weight is 592 g/mol. The van der Waals surface area contributed by atoms with Crippen molar-refractivity contribution in [3.63, 3.8) is 0 Å². The SMILES string of the molecule is c1ccc(-c2nc(-c3ccccc3)nc(-c3cccc4sc5ccc(-c6ccc7ccc8ccccc8c7c6)cc5c34)n2)cc1. The molecule has 0 aliphatic carbocycles. The van der Waals surface area contributed by atoms with E-state index in [-0.39, 0.29) is 0 Å². The van der Waals surface area contributed by atoms with E-state index in [2.05, 4.69) is 91.0 Å². The fourth-order valence-electron chi connectivity index (χ4n) is 6.30. The molecule has 3 nitrogen and oxygen atoms in total. The van der Waals surface area contributed by atoms with Crippen LogP contribution in [0.5, 0.6) is 0 Å². The molecular weight excluding hydrogens is 567 g/mol. The topological polar surface area (TPSA) is 38.7 Å². The maximum Gasteiger partial charge on any atom is 0.164 e. The van der Waals surface area contributed by atoms with Gasteiger partial charge in [0.05, 0.1) is 0 Å². The summed E-state index contributed by atoms with van der Waals surface area (Å²) in [4.78, 5) is 15.0. The normalized spacial score (nSPS) is 11.6. The molecule has 7 aromatic carbocycles. The zero-order chi connectivity index (χ0) is 29.7. The van der Waals surface area contributed by atoms with Crippen LogP contribution >= 0.6 is 11.3 Å². The number of fused-ring (bicyclic) bond motifs is 6. The first-order valence-electron chi connectivity index (χ1n) is 15.0. The third kappa shape index (κ3) is 4.46. The van der Waals surface area contributed by atoms with E-state index >= 15 is 0 Å². The summed E-state index contributed by atoms with van der Waals surface area (Å²) in [5.74, 6) is 2.01. The summed E-state index contributed by atoms with van der Waals surface area (Å²) >= 11 is 1.81. The second-order valence-corrected chi connectivity index (χ2v) is 12.3. The van der Waals surface area contributed by atoms with Gasteiger partial charge in [0.25, 0.3) is 0 Å². The van der Waals surface area contributed by atoms with E-state index in [9.17, 15) is 0 Å². The summed E-state index contributed by atoms with van der Waals surface area (Å²) in [6, 6.07) is 53.4. The average Bonchev–Trinajstić information content (AvgIpc) is 3.50. The van der Waals surface area contributed by atoms with Crippen LogP contribution in [0.4, 0.5) is 0 Å². The number of benzene rings is 7. The summed E-state index contributed by atoms with van der Waals surface area (Å²) in [5.41, 5.74) is 5.34. The Kier molecular flexibility index (Phi) is 6.00. The molecule has 0 unspecified atom stereocenters. The standard InChI is InChI=1S/C41H25N3S/c1-3-11-28(12-4-1)39-42-40(29-13-5-2-6-14-29)44-41(43-39)33-16-9-17-37-38(33)35-25-31(22-23-36(35)45-37)30-21-20-27-19-18-26-10-7-8-15-32(26)34(27)24-30/h1-25H. The second kappa shape index (κ2) is 10.5. The quantitative estimate of drug-likeness (QED) is 0.191. The molecule has 0 atom stereocenters. The predicted molar refractivity (Wildman–Crippen MR) is 189 cm³/mol. The third-order valence-corrected chi connectivity index (χ3v) is 9.65. The van der Waals surface area contributed by atoms with E-state index in [4.69, 9.17) is 15.0 Å². The van der Waals surface area contributed by atoms with Crippen molar-refractivity contribution < 1.29 is 0 Å². The lowest BCUT2D eigenvalue weighted by Gasteiger charge is -2.10. The largest absolute Gasteiger partial charge is 0.208 e. The van der Waals surface area contributed by atoms with Crippen LogP contribution in [0.1, 0.15) is 0 Å². The number of hydrogen-bond acceptors (Lipinski definition) is 4. The molecule has 0 aliphatic heterocycles. The van der Waals surface area contributed by atoms with Crippen LogP contribution in [-0.4, -0.2) is 15.0 Å². The molecule has 0 amide bonds. The number of hydrogen-bond donors (Lipinski definition) is 0. The Labute approximate surface area is 264 Å². The fraction of sp³-hybridized carbons (Fsp3) is 0. The molecule has 0 N–H and O–H groups in total. The van der Waals surface area contributed by atoms with Crippen molar-refractivity contribution in [2.45, 2.75) is 0 Å². The number of aromatic nitrogens is 3. The molecule has 9 aromatic rings. The van der Waals surface area contributed by atoms with E-state index in [0.29, 0.717) is 17.5 Å². The Balaban J connectivity index is 1.26. The van der Waals surface area contributed by atoms with Crippen molar-refractivity contribution >= 4 is 53.1 Å². The Morgan fingerprint density at radius 2 is 0.933 bits per heavy atom. The Bertz CT molecular complexity index is 2480. The molecule has 0 spiro atoms. The molecule has 2 aromatic heterocycles. The van der Waals surface area contributed by atoms with Crippen molar-refractivity contribution in [3.05, 3.63) is 152 Å². The van der Waals surface area contributed by atoms with Gasteiger partial charge in [0.2, 0.25) is 0 Å². The first kappa shape index (κ1) is 25.8. The summed E-state index contributed by atoms with van der Waals surface area (Å²) in [5, 5.41) is 7.44. The van der Waals surface area contributed by atoms with Crippen molar-refractivity contribution in [2.75, 3.05) is 0 Å². The van der Waals surface area contributed by atoms with Gasteiger partial charge in [0.15, 0.2) is 17.5 Å². The molecule has 9 rings (SSSR count). The molecule has 4 heteroatoms. The van der Waals surface area contributed by atoms with Crippen molar-refractivity contribution in [1.82, 2.24) is 15.0 Å². The zero-order valence-corrected chi connectivity index (χ0v) is 25.0. The molecule has 0 radical (unpaired) electrons. The molecule has 0 saturated heterocycles. The highest BCUT2D eigenvalue weighted by atomic mass is 32.1. The summed E-state index contributed by atoms with van der Waals surface area (Å²) in [6.07, 6.45) is 0. The maximum atomic E-state index is 5.06. The predicted octanol–water partition coefficient (Wildman–Crippen LogP) is 11.2. The fourth-order valence-corrected chi connectivity index (χ4v) is 7.42. The van der Waals surface area contributed by atoms with Crippen LogP contribution in [0.3, 0.4) is 0 Å². The van der Waals surface area contributed by atoms with Gasteiger partial charge in [-0.3, -0.25) is 0 Å². The van der Waals surface area contributed by atoms with E-state index in [1.807, 2.05) is 72.0 Å². The Morgan fingerprint density at radius 3 is 1.67 bits per heavy atom. The molecule has 0 fully saturated rings. The van der Waals surface area contributed by atoms with Crippen molar-refractivity contribution in [3.8, 4) is 45.3 Å². The summed E-state index contributed by atoms with van der Waals surface area (Å²) < 4.78 is 2.46. The van der Waals surface area contributed by atoms with Gasteiger partial charge in [-0.25, -0.2) is 15.0 Å². The summed E-state index contributed by atoms with van der Waals surface area (Å²) in [7, 11) is 0. The van der Waals surface area contributed by atoms with Crippen LogP contribution < -0.4 is 0 Å². The van der Waals surface area contributed by atoms with Crippen molar-refractivity contribution in [2.24, 2.45) is 0 Å².